The summed E-state index contributed by atoms with van der Waals surface area (Å²) in [5, 5.41) is 4.56. The Morgan fingerprint density at radius 1 is 0.545 bits per heavy atom. The summed E-state index contributed by atoms with van der Waals surface area (Å²) >= 11 is 3.71. The van der Waals surface area contributed by atoms with Crippen molar-refractivity contribution in [3.63, 3.8) is 0 Å². The van der Waals surface area contributed by atoms with Crippen LogP contribution in [0.15, 0.2) is 157 Å². The summed E-state index contributed by atoms with van der Waals surface area (Å²) in [5.74, 6) is -1.09. The quantitative estimate of drug-likeness (QED) is 0.0875. The van der Waals surface area contributed by atoms with Crippen LogP contribution in [0.5, 0.6) is 0 Å². The van der Waals surface area contributed by atoms with Gasteiger partial charge in [-0.1, -0.05) is 146 Å². The molecule has 268 valence electrons. The highest BCUT2D eigenvalue weighted by molar-refractivity contribution is 9.10. The lowest BCUT2D eigenvalue weighted by molar-refractivity contribution is -0.143. The topological polar surface area (TPSA) is 52.6 Å². The van der Waals surface area contributed by atoms with Gasteiger partial charge in [0.2, 0.25) is 0 Å². The van der Waals surface area contributed by atoms with E-state index in [-0.39, 0.29) is 18.6 Å². The first-order chi connectivity index (χ1) is 26.7. The summed E-state index contributed by atoms with van der Waals surface area (Å²) < 4.78 is 12.7. The van der Waals surface area contributed by atoms with Crippen LogP contribution < -0.4 is 0 Å². The molecule has 0 saturated heterocycles. The van der Waals surface area contributed by atoms with Gasteiger partial charge in [0.25, 0.3) is 0 Å². The SMILES string of the molecule is C=CC(=O)OCC1(COC(=O)C=C)c2ccccc2-c2ccc(-c3c4ccccc4c(-c4ccc5c(c4)C(C)(C)c4cc(Br)ccc4-5)c4ccccc34)cc21. The number of hydrogen-bond acceptors (Lipinski definition) is 4. The summed E-state index contributed by atoms with van der Waals surface area (Å²) in [5.41, 5.74) is 12.4. The molecule has 7 aromatic carbocycles. The van der Waals surface area contributed by atoms with Crippen LogP contribution >= 0.6 is 15.9 Å². The van der Waals surface area contributed by atoms with Crippen LogP contribution in [-0.2, 0) is 29.9 Å². The third kappa shape index (κ3) is 5.32. The fourth-order valence-electron chi connectivity index (χ4n) is 9.09. The lowest BCUT2D eigenvalue weighted by Gasteiger charge is -2.31. The highest BCUT2D eigenvalue weighted by Crippen LogP contribution is 2.54. The number of halogens is 1. The summed E-state index contributed by atoms with van der Waals surface area (Å²) in [6.45, 7) is 11.8. The van der Waals surface area contributed by atoms with Gasteiger partial charge in [0, 0.05) is 22.0 Å². The van der Waals surface area contributed by atoms with Crippen molar-refractivity contribution in [2.24, 2.45) is 0 Å². The monoisotopic (exact) mass is 780 g/mol. The Bertz CT molecular complexity index is 2710. The van der Waals surface area contributed by atoms with Crippen LogP contribution in [0.25, 0.3) is 66.1 Å². The molecule has 0 bridgehead atoms. The predicted molar refractivity (Wildman–Crippen MR) is 226 cm³/mol. The Kier molecular flexibility index (Phi) is 8.25. The van der Waals surface area contributed by atoms with Crippen molar-refractivity contribution in [1.29, 1.82) is 0 Å². The summed E-state index contributed by atoms with van der Waals surface area (Å²) in [4.78, 5) is 25.1. The number of hydrogen-bond donors (Lipinski definition) is 0. The Labute approximate surface area is 328 Å². The summed E-state index contributed by atoms with van der Waals surface area (Å²) in [7, 11) is 0. The van der Waals surface area contributed by atoms with Crippen LogP contribution in [0.2, 0.25) is 0 Å². The molecule has 4 nitrogen and oxygen atoms in total. The van der Waals surface area contributed by atoms with Crippen molar-refractivity contribution >= 4 is 49.4 Å². The van der Waals surface area contributed by atoms with Gasteiger partial charge in [-0.15, -0.1) is 0 Å². The van der Waals surface area contributed by atoms with Gasteiger partial charge in [0.05, 0.1) is 5.41 Å². The van der Waals surface area contributed by atoms with E-state index in [1.807, 2.05) is 18.2 Å². The van der Waals surface area contributed by atoms with Crippen molar-refractivity contribution in [2.75, 3.05) is 13.2 Å². The van der Waals surface area contributed by atoms with Gasteiger partial charge in [0.1, 0.15) is 13.2 Å². The predicted octanol–water partition coefficient (Wildman–Crippen LogP) is 12.1. The van der Waals surface area contributed by atoms with E-state index in [9.17, 15) is 9.59 Å². The maximum Gasteiger partial charge on any atom is 0.330 e. The molecule has 0 saturated carbocycles. The van der Waals surface area contributed by atoms with Crippen molar-refractivity contribution in [3.8, 4) is 44.5 Å². The van der Waals surface area contributed by atoms with Gasteiger partial charge in [-0.25, -0.2) is 9.59 Å². The first-order valence-electron chi connectivity index (χ1n) is 18.4. The summed E-state index contributed by atoms with van der Waals surface area (Å²) in [6.07, 6.45) is 2.31. The number of benzene rings is 7. The molecule has 0 amide bonds. The highest BCUT2D eigenvalue weighted by atomic mass is 79.9. The maximum atomic E-state index is 12.6. The standard InChI is InChI=1S/C50H37BrO4/c1-5-45(52)54-28-50(29-55-46(53)6-2)41-18-12-11-13-33(41)36-23-20-31(26-44(36)50)48-39-16-9-7-14-37(39)47(38-15-8-10-17-40(38)48)30-19-22-34-35-24-21-32(51)27-43(35)49(3,4)42(34)25-30/h5-27H,1-2,28-29H2,3-4H3. The second-order valence-electron chi connectivity index (χ2n) is 14.9. The van der Waals surface area contributed by atoms with E-state index in [2.05, 4.69) is 152 Å². The molecule has 9 rings (SSSR count). The number of carbonyl (C=O) groups excluding carboxylic acids is 2. The Balaban J connectivity index is 1.27. The van der Waals surface area contributed by atoms with Gasteiger partial charge in [-0.2, -0.15) is 0 Å². The second kappa shape index (κ2) is 13.1. The number of rotatable bonds is 8. The van der Waals surface area contributed by atoms with Crippen LogP contribution in [0.1, 0.15) is 36.1 Å². The van der Waals surface area contributed by atoms with E-state index in [1.54, 1.807) is 0 Å². The molecule has 0 unspecified atom stereocenters. The van der Waals surface area contributed by atoms with Gasteiger partial charge < -0.3 is 9.47 Å². The molecule has 0 aliphatic heterocycles. The van der Waals surface area contributed by atoms with Crippen LogP contribution in [-0.4, -0.2) is 25.2 Å². The molecule has 2 aliphatic carbocycles. The Hall–Kier alpha value is -6.04. The van der Waals surface area contributed by atoms with E-state index < -0.39 is 17.4 Å². The molecule has 5 heteroatoms. The first kappa shape index (κ1) is 34.7. The van der Waals surface area contributed by atoms with Crippen molar-refractivity contribution in [1.82, 2.24) is 0 Å². The Morgan fingerprint density at radius 3 is 1.49 bits per heavy atom. The minimum Gasteiger partial charge on any atom is -0.461 e. The van der Waals surface area contributed by atoms with Gasteiger partial charge >= 0.3 is 11.9 Å². The molecule has 7 aromatic rings. The minimum atomic E-state index is -0.963. The lowest BCUT2D eigenvalue weighted by Crippen LogP contribution is -2.38. The normalized spacial score (nSPS) is 14.1. The first-order valence-corrected chi connectivity index (χ1v) is 19.2. The van der Waals surface area contributed by atoms with Crippen LogP contribution in [0, 0.1) is 0 Å². The molecular formula is C50H37BrO4. The highest BCUT2D eigenvalue weighted by Gasteiger charge is 2.46. The van der Waals surface area contributed by atoms with Crippen molar-refractivity contribution < 1.29 is 19.1 Å². The van der Waals surface area contributed by atoms with E-state index in [0.29, 0.717) is 0 Å². The number of fused-ring (bicyclic) bond motifs is 8. The van der Waals surface area contributed by atoms with Gasteiger partial charge in [0.15, 0.2) is 0 Å². The molecule has 0 atom stereocenters. The van der Waals surface area contributed by atoms with Crippen molar-refractivity contribution in [3.05, 3.63) is 179 Å². The molecule has 55 heavy (non-hydrogen) atoms. The van der Waals surface area contributed by atoms with Gasteiger partial charge in [-0.05, 0) is 113 Å². The van der Waals surface area contributed by atoms with E-state index in [1.165, 1.54) is 33.4 Å². The van der Waals surface area contributed by atoms with E-state index in [4.69, 9.17) is 9.47 Å². The molecule has 0 N–H and O–H groups in total. The number of ether oxygens (including phenoxy) is 2. The largest absolute Gasteiger partial charge is 0.461 e. The third-order valence-corrected chi connectivity index (χ3v) is 12.2. The summed E-state index contributed by atoms with van der Waals surface area (Å²) in [6, 6.07) is 45.4. The Morgan fingerprint density at radius 2 is 0.964 bits per heavy atom. The van der Waals surface area contributed by atoms with Crippen molar-refractivity contribution in [2.45, 2.75) is 24.7 Å². The average Bonchev–Trinajstić information content (AvgIpc) is 3.61. The minimum absolute atomic E-state index is 0.0360. The molecule has 0 fully saturated rings. The fourth-order valence-corrected chi connectivity index (χ4v) is 9.45. The average molecular weight is 782 g/mol. The zero-order chi connectivity index (χ0) is 38.1. The van der Waals surface area contributed by atoms with E-state index >= 15 is 0 Å². The molecule has 0 spiro atoms. The zero-order valence-corrected chi connectivity index (χ0v) is 32.2. The molecule has 2 aliphatic rings. The third-order valence-electron chi connectivity index (χ3n) is 11.7. The van der Waals surface area contributed by atoms with Crippen LogP contribution in [0.4, 0.5) is 0 Å². The molecule has 0 heterocycles. The second-order valence-corrected chi connectivity index (χ2v) is 15.8. The maximum absolute atomic E-state index is 12.6. The van der Waals surface area contributed by atoms with Crippen LogP contribution in [0.3, 0.4) is 0 Å². The molecule has 0 radical (unpaired) electrons. The fraction of sp³-hybridized carbons (Fsp3) is 0.120. The van der Waals surface area contributed by atoms with E-state index in [0.717, 1.165) is 71.6 Å². The van der Waals surface area contributed by atoms with Gasteiger partial charge in [-0.3, -0.25) is 0 Å². The number of esters is 2. The molecular weight excluding hydrogens is 744 g/mol. The smallest absolute Gasteiger partial charge is 0.330 e. The number of carbonyl (C=O) groups is 2. The molecule has 0 aromatic heterocycles. The lowest BCUT2D eigenvalue weighted by atomic mass is 9.78. The zero-order valence-electron chi connectivity index (χ0n) is 30.6.